The van der Waals surface area contributed by atoms with E-state index in [-0.39, 0.29) is 11.7 Å². The number of rotatable bonds is 11. The molecule has 0 N–H and O–H groups in total. The van der Waals surface area contributed by atoms with Crippen LogP contribution in [0.1, 0.15) is 55.7 Å². The summed E-state index contributed by atoms with van der Waals surface area (Å²) in [6.45, 7) is 9.21. The first-order valence-electron chi connectivity index (χ1n) is 12.2. The van der Waals surface area contributed by atoms with Crippen molar-refractivity contribution in [1.29, 1.82) is 0 Å². The lowest BCUT2D eigenvalue weighted by atomic mass is 9.76. The third-order valence-electron chi connectivity index (χ3n) is 7.62. The molecule has 0 amide bonds. The molecule has 0 aliphatic rings. The van der Waals surface area contributed by atoms with Crippen molar-refractivity contribution in [1.82, 2.24) is 0 Å². The van der Waals surface area contributed by atoms with Crippen molar-refractivity contribution in [2.75, 3.05) is 6.67 Å². The van der Waals surface area contributed by atoms with Crippen LogP contribution in [-0.4, -0.2) is 14.7 Å². The molecule has 0 saturated carbocycles. The lowest BCUT2D eigenvalue weighted by Crippen LogP contribution is -2.53. The molecule has 0 radical (unpaired) electrons. The summed E-state index contributed by atoms with van der Waals surface area (Å²) in [6, 6.07) is 33.6. The highest BCUT2D eigenvalue weighted by molar-refractivity contribution is 6.81. The van der Waals surface area contributed by atoms with E-state index in [9.17, 15) is 4.39 Å². The van der Waals surface area contributed by atoms with Crippen LogP contribution in [0, 0.1) is 5.92 Å². The monoisotopic (exact) mass is 446 g/mol. The summed E-state index contributed by atoms with van der Waals surface area (Å²) >= 11 is 0. The standard InChI is InChI=1S/C30H39FSi/c1-5-25(2)23-27(26-15-9-6-10-16-26)24-30(32(3,4)22-21-31,28-17-11-7-12-18-28)29-19-13-8-14-20-29/h6-20,25,27H,5,21-24H2,1-4H3. The largest absolute Gasteiger partial charge is 0.251 e. The molecule has 0 nitrogen and oxygen atoms in total. The van der Waals surface area contributed by atoms with E-state index < -0.39 is 8.07 Å². The molecule has 3 aromatic carbocycles. The highest BCUT2D eigenvalue weighted by Crippen LogP contribution is 2.50. The lowest BCUT2D eigenvalue weighted by molar-refractivity contribution is 0.405. The molecule has 0 aromatic heterocycles. The molecule has 3 rings (SSSR count). The van der Waals surface area contributed by atoms with Crippen molar-refractivity contribution in [3.63, 3.8) is 0 Å². The van der Waals surface area contributed by atoms with Gasteiger partial charge in [0.2, 0.25) is 0 Å². The molecular weight excluding hydrogens is 407 g/mol. The van der Waals surface area contributed by atoms with E-state index in [1.165, 1.54) is 23.1 Å². The zero-order valence-corrected chi connectivity index (χ0v) is 21.2. The van der Waals surface area contributed by atoms with Gasteiger partial charge in [-0.05, 0) is 47.4 Å². The first-order valence-corrected chi connectivity index (χ1v) is 15.4. The number of hydrogen-bond donors (Lipinski definition) is 0. The van der Waals surface area contributed by atoms with Gasteiger partial charge in [0.15, 0.2) is 0 Å². The SMILES string of the molecule is CCC(C)CC(CC(c1ccccc1)(c1ccccc1)[Si](C)(C)CCF)c1ccccc1. The predicted molar refractivity (Wildman–Crippen MR) is 140 cm³/mol. The highest BCUT2D eigenvalue weighted by atomic mass is 28.3. The molecule has 0 saturated heterocycles. The molecule has 0 bridgehead atoms. The van der Waals surface area contributed by atoms with E-state index in [0.29, 0.717) is 17.9 Å². The summed E-state index contributed by atoms with van der Waals surface area (Å²) in [4.78, 5) is 0. The molecule has 32 heavy (non-hydrogen) atoms. The number of hydrogen-bond acceptors (Lipinski definition) is 0. The average molecular weight is 447 g/mol. The molecule has 0 heterocycles. The molecular formula is C30H39FSi. The molecule has 2 atom stereocenters. The summed E-state index contributed by atoms with van der Waals surface area (Å²) in [5, 5.41) is -0.157. The van der Waals surface area contributed by atoms with Gasteiger partial charge in [0.05, 0.1) is 14.7 Å². The normalized spacial score (nSPS) is 14.2. The van der Waals surface area contributed by atoms with E-state index in [4.69, 9.17) is 0 Å². The maximum atomic E-state index is 14.0. The maximum absolute atomic E-state index is 14.0. The van der Waals surface area contributed by atoms with Gasteiger partial charge in [-0.15, -0.1) is 0 Å². The van der Waals surface area contributed by atoms with Gasteiger partial charge in [-0.2, -0.15) is 0 Å². The van der Waals surface area contributed by atoms with Crippen LogP contribution < -0.4 is 0 Å². The van der Waals surface area contributed by atoms with Gasteiger partial charge < -0.3 is 0 Å². The summed E-state index contributed by atoms with van der Waals surface area (Å²) in [5.41, 5.74) is 4.11. The zero-order valence-electron chi connectivity index (χ0n) is 20.2. The fourth-order valence-electron chi connectivity index (χ4n) is 5.44. The summed E-state index contributed by atoms with van der Waals surface area (Å²) in [6.07, 6.45) is 3.36. The first-order chi connectivity index (χ1) is 15.4. The Morgan fingerprint density at radius 2 is 1.25 bits per heavy atom. The molecule has 2 heteroatoms. The van der Waals surface area contributed by atoms with Crippen LogP contribution in [0.4, 0.5) is 4.39 Å². The Labute approximate surface area is 195 Å². The minimum absolute atomic E-state index is 0.157. The lowest BCUT2D eigenvalue weighted by Gasteiger charge is -2.49. The van der Waals surface area contributed by atoms with E-state index in [1.807, 2.05) is 0 Å². The second-order valence-corrected chi connectivity index (χ2v) is 15.1. The van der Waals surface area contributed by atoms with Gasteiger partial charge in [0, 0.05) is 5.04 Å². The topological polar surface area (TPSA) is 0 Å². The number of halogens is 1. The fourth-order valence-corrected chi connectivity index (χ4v) is 9.03. The highest BCUT2D eigenvalue weighted by Gasteiger charge is 2.49. The third-order valence-corrected chi connectivity index (χ3v) is 12.1. The summed E-state index contributed by atoms with van der Waals surface area (Å²) in [5.74, 6) is 1.08. The van der Waals surface area contributed by atoms with Gasteiger partial charge in [0.1, 0.15) is 0 Å². The third kappa shape index (κ3) is 5.23. The Bertz CT molecular complexity index is 881. The Morgan fingerprint density at radius 1 is 0.781 bits per heavy atom. The van der Waals surface area contributed by atoms with Crippen LogP contribution in [0.25, 0.3) is 0 Å². The molecule has 0 aliphatic carbocycles. The second kappa shape index (κ2) is 11.1. The van der Waals surface area contributed by atoms with E-state index in [1.54, 1.807) is 0 Å². The zero-order chi connectivity index (χ0) is 23.0. The molecule has 0 fully saturated rings. The van der Waals surface area contributed by atoms with Crippen molar-refractivity contribution in [3.05, 3.63) is 108 Å². The molecule has 0 spiro atoms. The predicted octanol–water partition coefficient (Wildman–Crippen LogP) is 8.80. The van der Waals surface area contributed by atoms with Crippen LogP contribution in [0.2, 0.25) is 19.1 Å². The van der Waals surface area contributed by atoms with Crippen molar-refractivity contribution >= 4 is 8.07 Å². The Kier molecular flexibility index (Phi) is 8.48. The first kappa shape index (κ1) is 24.4. The van der Waals surface area contributed by atoms with Crippen molar-refractivity contribution in [2.24, 2.45) is 5.92 Å². The molecule has 3 aromatic rings. The van der Waals surface area contributed by atoms with Crippen molar-refractivity contribution < 1.29 is 4.39 Å². The van der Waals surface area contributed by atoms with Gasteiger partial charge in [0.25, 0.3) is 0 Å². The second-order valence-electron chi connectivity index (χ2n) is 10.0. The van der Waals surface area contributed by atoms with Gasteiger partial charge in [-0.1, -0.05) is 124 Å². The van der Waals surface area contributed by atoms with Gasteiger partial charge in [-0.25, -0.2) is 0 Å². The van der Waals surface area contributed by atoms with Crippen molar-refractivity contribution in [2.45, 2.75) is 63.2 Å². The Hall–Kier alpha value is -2.19. The van der Waals surface area contributed by atoms with E-state index in [2.05, 4.69) is 118 Å². The number of benzene rings is 3. The van der Waals surface area contributed by atoms with Crippen LogP contribution in [0.15, 0.2) is 91.0 Å². The fraction of sp³-hybridized carbons (Fsp3) is 0.400. The Morgan fingerprint density at radius 3 is 1.69 bits per heavy atom. The quantitative estimate of drug-likeness (QED) is 0.258. The Balaban J connectivity index is 2.24. The van der Waals surface area contributed by atoms with Gasteiger partial charge in [-0.3, -0.25) is 4.39 Å². The average Bonchev–Trinajstić information content (AvgIpc) is 2.83. The van der Waals surface area contributed by atoms with Crippen molar-refractivity contribution in [3.8, 4) is 0 Å². The van der Waals surface area contributed by atoms with Crippen LogP contribution >= 0.6 is 0 Å². The maximum Gasteiger partial charge on any atom is 0.0871 e. The van der Waals surface area contributed by atoms with Crippen LogP contribution in [0.3, 0.4) is 0 Å². The van der Waals surface area contributed by atoms with E-state index >= 15 is 0 Å². The van der Waals surface area contributed by atoms with Crippen LogP contribution in [-0.2, 0) is 5.04 Å². The van der Waals surface area contributed by atoms with Gasteiger partial charge >= 0.3 is 0 Å². The molecule has 0 aliphatic heterocycles. The number of alkyl halides is 1. The summed E-state index contributed by atoms with van der Waals surface area (Å²) < 4.78 is 14.0. The van der Waals surface area contributed by atoms with E-state index in [0.717, 1.165) is 12.8 Å². The molecule has 170 valence electrons. The summed E-state index contributed by atoms with van der Waals surface area (Å²) in [7, 11) is -2.10. The smallest absolute Gasteiger partial charge is 0.0871 e. The minimum Gasteiger partial charge on any atom is -0.251 e. The molecule has 2 unspecified atom stereocenters. The minimum atomic E-state index is -2.10. The van der Waals surface area contributed by atoms with Crippen LogP contribution in [0.5, 0.6) is 0 Å².